The molecule has 0 aromatic carbocycles. The van der Waals surface area contributed by atoms with Crippen molar-refractivity contribution in [3.8, 4) is 11.5 Å². The standard InChI is InChI=1S/C10H12N6O4S2/c11-9(12)15-10-14-6(4-21-10)7-2-1-5(20-7)3-8(17)16-22(13,18)19/h1-2,4H,3H2,(H,16,17)(H2,13,18,19)(H4,11,12,14,15). The van der Waals surface area contributed by atoms with E-state index in [1.165, 1.54) is 17.4 Å². The lowest BCUT2D eigenvalue weighted by atomic mass is 10.3. The number of carbonyl (C=O) groups excluding carboxylic acids is 1. The van der Waals surface area contributed by atoms with Gasteiger partial charge in [0.25, 0.3) is 10.2 Å². The zero-order valence-electron chi connectivity index (χ0n) is 11.0. The Labute approximate surface area is 129 Å². The minimum Gasteiger partial charge on any atom is -0.459 e. The first kappa shape index (κ1) is 15.9. The minimum atomic E-state index is -4.09. The van der Waals surface area contributed by atoms with E-state index in [9.17, 15) is 13.2 Å². The molecule has 7 N–H and O–H groups in total. The van der Waals surface area contributed by atoms with Gasteiger partial charge in [-0.05, 0) is 12.1 Å². The Morgan fingerprint density at radius 2 is 2.14 bits per heavy atom. The lowest BCUT2D eigenvalue weighted by Crippen LogP contribution is -2.36. The fourth-order valence-electron chi connectivity index (χ4n) is 1.50. The van der Waals surface area contributed by atoms with Crippen LogP contribution >= 0.6 is 11.3 Å². The maximum atomic E-state index is 11.4. The third-order valence-corrected chi connectivity index (χ3v) is 3.47. The van der Waals surface area contributed by atoms with Crippen molar-refractivity contribution in [3.05, 3.63) is 23.3 Å². The van der Waals surface area contributed by atoms with Crippen LogP contribution < -0.4 is 21.3 Å². The van der Waals surface area contributed by atoms with Crippen LogP contribution in [0.2, 0.25) is 0 Å². The third-order valence-electron chi connectivity index (χ3n) is 2.22. The van der Waals surface area contributed by atoms with Gasteiger partial charge in [-0.1, -0.05) is 0 Å². The molecule has 2 aromatic heterocycles. The Morgan fingerprint density at radius 3 is 2.77 bits per heavy atom. The van der Waals surface area contributed by atoms with Crippen molar-refractivity contribution in [1.29, 1.82) is 0 Å². The zero-order chi connectivity index (χ0) is 16.3. The van der Waals surface area contributed by atoms with Gasteiger partial charge < -0.3 is 15.9 Å². The van der Waals surface area contributed by atoms with Crippen LogP contribution in [0.5, 0.6) is 0 Å². The summed E-state index contributed by atoms with van der Waals surface area (Å²) in [6, 6.07) is 3.12. The number of nitrogens with zero attached hydrogens (tertiary/aromatic N) is 2. The minimum absolute atomic E-state index is 0.110. The van der Waals surface area contributed by atoms with Gasteiger partial charge in [-0.3, -0.25) is 4.79 Å². The highest BCUT2D eigenvalue weighted by molar-refractivity contribution is 7.87. The number of thiazole rings is 1. The molecule has 10 nitrogen and oxygen atoms in total. The summed E-state index contributed by atoms with van der Waals surface area (Å²) in [4.78, 5) is 19.3. The number of hydrogen-bond donors (Lipinski definition) is 4. The van der Waals surface area contributed by atoms with Crippen LogP contribution in [0, 0.1) is 0 Å². The Kier molecular flexibility index (Phi) is 4.44. The molecule has 0 aliphatic rings. The van der Waals surface area contributed by atoms with E-state index in [-0.39, 0.29) is 18.1 Å². The molecular weight excluding hydrogens is 332 g/mol. The number of rotatable bonds is 5. The Balaban J connectivity index is 2.10. The molecule has 2 aromatic rings. The van der Waals surface area contributed by atoms with E-state index in [2.05, 4.69) is 9.98 Å². The topological polar surface area (TPSA) is 180 Å². The van der Waals surface area contributed by atoms with E-state index in [4.69, 9.17) is 21.0 Å². The highest BCUT2D eigenvalue weighted by Gasteiger charge is 2.14. The Morgan fingerprint density at radius 1 is 1.41 bits per heavy atom. The molecule has 0 unspecified atom stereocenters. The number of hydrogen-bond acceptors (Lipinski definition) is 7. The summed E-state index contributed by atoms with van der Waals surface area (Å²) in [7, 11) is -4.09. The molecule has 0 saturated heterocycles. The number of carbonyl (C=O) groups is 1. The van der Waals surface area contributed by atoms with Crippen LogP contribution in [0.15, 0.2) is 26.9 Å². The lowest BCUT2D eigenvalue weighted by molar-refractivity contribution is -0.118. The summed E-state index contributed by atoms with van der Waals surface area (Å²) in [5.41, 5.74) is 11.0. The molecule has 0 spiro atoms. The molecule has 22 heavy (non-hydrogen) atoms. The molecular formula is C10H12N6O4S2. The van der Waals surface area contributed by atoms with Gasteiger partial charge >= 0.3 is 0 Å². The van der Waals surface area contributed by atoms with Gasteiger partial charge in [-0.25, -0.2) is 14.8 Å². The van der Waals surface area contributed by atoms with E-state index in [1.807, 2.05) is 0 Å². The first-order chi connectivity index (χ1) is 10.2. The third kappa shape index (κ3) is 4.54. The van der Waals surface area contributed by atoms with E-state index in [0.717, 1.165) is 0 Å². The summed E-state index contributed by atoms with van der Waals surface area (Å²) < 4.78 is 28.5. The van der Waals surface area contributed by atoms with Crippen molar-refractivity contribution >= 4 is 38.5 Å². The predicted molar refractivity (Wildman–Crippen MR) is 80.2 cm³/mol. The Bertz CT molecular complexity index is 818. The summed E-state index contributed by atoms with van der Waals surface area (Å²) in [6.45, 7) is 0. The normalized spacial score (nSPS) is 11.1. The van der Waals surface area contributed by atoms with Gasteiger partial charge in [0.05, 0.1) is 6.42 Å². The fraction of sp³-hybridized carbons (Fsp3) is 0.100. The second-order valence-electron chi connectivity index (χ2n) is 4.06. The zero-order valence-corrected chi connectivity index (χ0v) is 12.6. The van der Waals surface area contributed by atoms with E-state index >= 15 is 0 Å². The maximum absolute atomic E-state index is 11.4. The second kappa shape index (κ2) is 6.13. The second-order valence-corrected chi connectivity index (χ2v) is 6.20. The molecule has 0 saturated carbocycles. The molecule has 0 aliphatic carbocycles. The summed E-state index contributed by atoms with van der Waals surface area (Å²) in [5, 5.41) is 6.73. The molecule has 2 heterocycles. The SMILES string of the molecule is NC(N)=Nc1nc(-c2ccc(CC(=O)NS(N)(=O)=O)o2)cs1. The highest BCUT2D eigenvalue weighted by atomic mass is 32.2. The monoisotopic (exact) mass is 344 g/mol. The Hall–Kier alpha value is -2.44. The maximum Gasteiger partial charge on any atom is 0.298 e. The lowest BCUT2D eigenvalue weighted by Gasteiger charge is -1.99. The van der Waals surface area contributed by atoms with E-state index < -0.39 is 16.1 Å². The van der Waals surface area contributed by atoms with Crippen molar-refractivity contribution in [2.45, 2.75) is 6.42 Å². The number of nitrogens with one attached hydrogen (secondary N) is 1. The summed E-state index contributed by atoms with van der Waals surface area (Å²) in [6.07, 6.45) is -0.276. The van der Waals surface area contributed by atoms with Crippen LogP contribution in [-0.4, -0.2) is 25.3 Å². The number of aliphatic imine (C=N–C) groups is 1. The predicted octanol–water partition coefficient (Wildman–Crippen LogP) is -0.830. The first-order valence-corrected chi connectivity index (χ1v) is 8.13. The van der Waals surface area contributed by atoms with Crippen LogP contribution in [0.3, 0.4) is 0 Å². The quantitative estimate of drug-likeness (QED) is 0.403. The number of amides is 1. The molecule has 0 aliphatic heterocycles. The summed E-state index contributed by atoms with van der Waals surface area (Å²) in [5.74, 6) is -0.261. The summed E-state index contributed by atoms with van der Waals surface area (Å²) >= 11 is 1.21. The fourth-order valence-corrected chi connectivity index (χ4v) is 2.59. The van der Waals surface area contributed by atoms with Crippen molar-refractivity contribution in [2.24, 2.45) is 21.6 Å². The molecule has 12 heteroatoms. The van der Waals surface area contributed by atoms with Gasteiger partial charge in [0.1, 0.15) is 11.5 Å². The highest BCUT2D eigenvalue weighted by Crippen LogP contribution is 2.28. The van der Waals surface area contributed by atoms with Gasteiger partial charge in [0.15, 0.2) is 11.7 Å². The van der Waals surface area contributed by atoms with Crippen molar-refractivity contribution < 1.29 is 17.6 Å². The number of furan rings is 1. The van der Waals surface area contributed by atoms with Crippen LogP contribution in [-0.2, 0) is 21.4 Å². The average molecular weight is 344 g/mol. The number of aromatic nitrogens is 1. The molecule has 118 valence electrons. The van der Waals surface area contributed by atoms with Gasteiger partial charge in [-0.15, -0.1) is 11.3 Å². The first-order valence-electron chi connectivity index (χ1n) is 5.70. The van der Waals surface area contributed by atoms with Crippen molar-refractivity contribution in [3.63, 3.8) is 0 Å². The van der Waals surface area contributed by atoms with Crippen molar-refractivity contribution in [2.75, 3.05) is 0 Å². The van der Waals surface area contributed by atoms with Crippen LogP contribution in [0.1, 0.15) is 5.76 Å². The smallest absolute Gasteiger partial charge is 0.298 e. The van der Waals surface area contributed by atoms with Gasteiger partial charge in [-0.2, -0.15) is 13.4 Å². The van der Waals surface area contributed by atoms with Gasteiger partial charge in [0, 0.05) is 5.38 Å². The molecule has 2 rings (SSSR count). The largest absolute Gasteiger partial charge is 0.459 e. The number of guanidine groups is 1. The van der Waals surface area contributed by atoms with Crippen molar-refractivity contribution in [1.82, 2.24) is 9.71 Å². The van der Waals surface area contributed by atoms with E-state index in [1.54, 1.807) is 16.2 Å². The molecule has 1 amide bonds. The van der Waals surface area contributed by atoms with Crippen LogP contribution in [0.4, 0.5) is 5.13 Å². The molecule has 0 bridgehead atoms. The molecule has 0 atom stereocenters. The van der Waals surface area contributed by atoms with Gasteiger partial charge in [0.2, 0.25) is 11.0 Å². The average Bonchev–Trinajstić information content (AvgIpc) is 2.94. The number of nitrogens with two attached hydrogens (primary N) is 3. The van der Waals surface area contributed by atoms with E-state index in [0.29, 0.717) is 16.6 Å². The van der Waals surface area contributed by atoms with Crippen LogP contribution in [0.25, 0.3) is 11.5 Å². The molecule has 0 fully saturated rings. The molecule has 0 radical (unpaired) electrons.